The predicted molar refractivity (Wildman–Crippen MR) is 120 cm³/mol. The molecule has 0 aromatic heterocycles. The number of nitrogens with zero attached hydrogens (tertiary/aromatic N) is 1. The summed E-state index contributed by atoms with van der Waals surface area (Å²) in [5.74, 6) is 0.355. The molecule has 30 heavy (non-hydrogen) atoms. The second-order valence-corrected chi connectivity index (χ2v) is 9.23. The Labute approximate surface area is 179 Å². The third-order valence-corrected chi connectivity index (χ3v) is 5.80. The summed E-state index contributed by atoms with van der Waals surface area (Å²) in [5, 5.41) is 6.41. The maximum absolute atomic E-state index is 13.7. The molecule has 2 rings (SSSR count). The molecule has 0 aliphatic heterocycles. The Hall–Kier alpha value is -2.45. The van der Waals surface area contributed by atoms with Gasteiger partial charge in [-0.2, -0.15) is 0 Å². The topological polar surface area (TPSA) is 82.6 Å². The highest BCUT2D eigenvalue weighted by Gasteiger charge is 2.12. The van der Waals surface area contributed by atoms with Crippen LogP contribution < -0.4 is 15.4 Å². The standard InChI is InChI=1S/C22H31FN4O2S/c1-5-24-22(26-14-20-7-6-17(4)21(23)12-20)25-13-18-8-10-19(11-9-18)15-30(28,29)27-16(2)3/h6-12,16,27H,5,13-15H2,1-4H3,(H2,24,25,26). The number of halogens is 1. The van der Waals surface area contributed by atoms with E-state index in [-0.39, 0.29) is 17.6 Å². The summed E-state index contributed by atoms with van der Waals surface area (Å²) in [6.07, 6.45) is 0. The quantitative estimate of drug-likeness (QED) is 0.418. The highest BCUT2D eigenvalue weighted by Crippen LogP contribution is 2.11. The first-order valence-corrected chi connectivity index (χ1v) is 11.7. The molecule has 0 radical (unpaired) electrons. The van der Waals surface area contributed by atoms with Crippen LogP contribution in [0.25, 0.3) is 0 Å². The van der Waals surface area contributed by atoms with Crippen molar-refractivity contribution >= 4 is 16.0 Å². The van der Waals surface area contributed by atoms with Crippen LogP contribution in [-0.2, 0) is 28.9 Å². The monoisotopic (exact) mass is 434 g/mol. The number of nitrogens with one attached hydrogen (secondary N) is 3. The summed E-state index contributed by atoms with van der Waals surface area (Å²) in [6, 6.07) is 12.4. The minimum Gasteiger partial charge on any atom is -0.357 e. The summed E-state index contributed by atoms with van der Waals surface area (Å²) < 4.78 is 40.4. The molecule has 0 atom stereocenters. The van der Waals surface area contributed by atoms with Crippen molar-refractivity contribution in [3.05, 3.63) is 70.5 Å². The Kier molecular flexibility index (Phi) is 8.80. The summed E-state index contributed by atoms with van der Waals surface area (Å²) in [4.78, 5) is 4.50. The van der Waals surface area contributed by atoms with Gasteiger partial charge in [-0.15, -0.1) is 0 Å². The van der Waals surface area contributed by atoms with E-state index < -0.39 is 10.0 Å². The van der Waals surface area contributed by atoms with Crippen molar-refractivity contribution in [2.24, 2.45) is 4.99 Å². The zero-order chi connectivity index (χ0) is 22.1. The van der Waals surface area contributed by atoms with E-state index in [1.807, 2.05) is 37.3 Å². The maximum Gasteiger partial charge on any atom is 0.216 e. The molecule has 0 unspecified atom stereocenters. The van der Waals surface area contributed by atoms with Gasteiger partial charge in [0.05, 0.1) is 12.3 Å². The van der Waals surface area contributed by atoms with Crippen LogP contribution in [0, 0.1) is 12.7 Å². The van der Waals surface area contributed by atoms with Gasteiger partial charge in [-0.05, 0) is 56.0 Å². The van der Waals surface area contributed by atoms with Crippen LogP contribution in [0.3, 0.4) is 0 Å². The van der Waals surface area contributed by atoms with Crippen molar-refractivity contribution in [1.82, 2.24) is 15.4 Å². The van der Waals surface area contributed by atoms with E-state index in [9.17, 15) is 12.8 Å². The third kappa shape index (κ3) is 8.12. The number of hydrogen-bond acceptors (Lipinski definition) is 3. The predicted octanol–water partition coefficient (Wildman–Crippen LogP) is 3.22. The lowest BCUT2D eigenvalue weighted by atomic mass is 10.1. The molecule has 0 saturated carbocycles. The average Bonchev–Trinajstić information content (AvgIpc) is 2.66. The maximum atomic E-state index is 13.7. The fourth-order valence-electron chi connectivity index (χ4n) is 2.81. The Bertz CT molecular complexity index is 958. The second kappa shape index (κ2) is 11.1. The molecular formula is C22H31FN4O2S. The van der Waals surface area contributed by atoms with E-state index in [0.717, 1.165) is 16.7 Å². The van der Waals surface area contributed by atoms with E-state index in [4.69, 9.17) is 0 Å². The summed E-state index contributed by atoms with van der Waals surface area (Å²) in [6.45, 7) is 8.90. The lowest BCUT2D eigenvalue weighted by molar-refractivity contribution is 0.569. The molecule has 6 nitrogen and oxygen atoms in total. The van der Waals surface area contributed by atoms with Crippen molar-refractivity contribution in [1.29, 1.82) is 0 Å². The van der Waals surface area contributed by atoms with Gasteiger partial charge in [0.25, 0.3) is 0 Å². The van der Waals surface area contributed by atoms with Crippen LogP contribution in [0.1, 0.15) is 43.0 Å². The Balaban J connectivity index is 1.96. The highest BCUT2D eigenvalue weighted by molar-refractivity contribution is 7.88. The number of hydrogen-bond donors (Lipinski definition) is 3. The lowest BCUT2D eigenvalue weighted by Crippen LogP contribution is -2.36. The molecule has 0 aliphatic rings. The smallest absolute Gasteiger partial charge is 0.216 e. The number of aryl methyl sites for hydroxylation is 1. The number of benzene rings is 2. The molecule has 0 fully saturated rings. The number of guanidine groups is 1. The molecule has 0 bridgehead atoms. The second-order valence-electron chi connectivity index (χ2n) is 7.48. The van der Waals surface area contributed by atoms with Crippen LogP contribution in [0.5, 0.6) is 0 Å². The Morgan fingerprint density at radius 1 is 1.03 bits per heavy atom. The number of sulfonamides is 1. The third-order valence-electron chi connectivity index (χ3n) is 4.26. The van der Waals surface area contributed by atoms with E-state index in [1.54, 1.807) is 26.8 Å². The Morgan fingerprint density at radius 3 is 2.27 bits per heavy atom. The van der Waals surface area contributed by atoms with E-state index in [0.29, 0.717) is 31.2 Å². The fraction of sp³-hybridized carbons (Fsp3) is 0.409. The molecule has 0 aliphatic carbocycles. The minimum atomic E-state index is -3.34. The fourth-order valence-corrected chi connectivity index (χ4v) is 4.24. The van der Waals surface area contributed by atoms with Crippen molar-refractivity contribution in [2.75, 3.05) is 6.54 Å². The van der Waals surface area contributed by atoms with Crippen LogP contribution >= 0.6 is 0 Å². The summed E-state index contributed by atoms with van der Waals surface area (Å²) in [5.41, 5.74) is 3.15. The molecule has 0 amide bonds. The van der Waals surface area contributed by atoms with Gasteiger partial charge >= 0.3 is 0 Å². The largest absolute Gasteiger partial charge is 0.357 e. The van der Waals surface area contributed by atoms with Crippen molar-refractivity contribution in [2.45, 2.75) is 52.6 Å². The molecule has 0 saturated heterocycles. The highest BCUT2D eigenvalue weighted by atomic mass is 32.2. The van der Waals surface area contributed by atoms with Gasteiger partial charge in [0.1, 0.15) is 5.82 Å². The SMILES string of the molecule is CCNC(=NCc1ccc(C)c(F)c1)NCc1ccc(CS(=O)(=O)NC(C)C)cc1. The number of aliphatic imine (C=N–C) groups is 1. The van der Waals surface area contributed by atoms with Crippen molar-refractivity contribution < 1.29 is 12.8 Å². The average molecular weight is 435 g/mol. The van der Waals surface area contributed by atoms with Gasteiger partial charge in [-0.1, -0.05) is 36.4 Å². The molecule has 2 aromatic carbocycles. The normalized spacial score (nSPS) is 12.3. The van der Waals surface area contributed by atoms with Crippen LogP contribution in [-0.4, -0.2) is 27.0 Å². The van der Waals surface area contributed by atoms with Gasteiger partial charge < -0.3 is 10.6 Å². The van der Waals surface area contributed by atoms with Gasteiger partial charge in [0, 0.05) is 19.1 Å². The van der Waals surface area contributed by atoms with E-state index >= 15 is 0 Å². The summed E-state index contributed by atoms with van der Waals surface area (Å²) in [7, 11) is -3.34. The van der Waals surface area contributed by atoms with Crippen LogP contribution in [0.4, 0.5) is 4.39 Å². The van der Waals surface area contributed by atoms with E-state index in [2.05, 4.69) is 20.3 Å². The first-order valence-electron chi connectivity index (χ1n) is 10.0. The first-order chi connectivity index (χ1) is 14.2. The Morgan fingerprint density at radius 2 is 1.67 bits per heavy atom. The lowest BCUT2D eigenvalue weighted by Gasteiger charge is -2.12. The van der Waals surface area contributed by atoms with E-state index in [1.165, 1.54) is 6.07 Å². The molecule has 3 N–H and O–H groups in total. The molecule has 0 spiro atoms. The molecular weight excluding hydrogens is 403 g/mol. The zero-order valence-corrected chi connectivity index (χ0v) is 18.8. The molecule has 0 heterocycles. The van der Waals surface area contributed by atoms with Crippen LogP contribution in [0.15, 0.2) is 47.5 Å². The molecule has 164 valence electrons. The van der Waals surface area contributed by atoms with Gasteiger partial charge in [0.15, 0.2) is 5.96 Å². The zero-order valence-electron chi connectivity index (χ0n) is 18.0. The van der Waals surface area contributed by atoms with Crippen molar-refractivity contribution in [3.8, 4) is 0 Å². The molecule has 2 aromatic rings. The molecule has 8 heteroatoms. The van der Waals surface area contributed by atoms with Gasteiger partial charge in [-0.3, -0.25) is 0 Å². The minimum absolute atomic E-state index is 0.0455. The van der Waals surface area contributed by atoms with Crippen molar-refractivity contribution in [3.63, 3.8) is 0 Å². The van der Waals surface area contributed by atoms with Gasteiger partial charge in [-0.25, -0.2) is 22.5 Å². The first kappa shape index (κ1) is 23.8. The van der Waals surface area contributed by atoms with Gasteiger partial charge in [0.2, 0.25) is 10.0 Å². The summed E-state index contributed by atoms with van der Waals surface area (Å²) >= 11 is 0. The number of rotatable bonds is 9. The van der Waals surface area contributed by atoms with Crippen LogP contribution in [0.2, 0.25) is 0 Å².